The summed E-state index contributed by atoms with van der Waals surface area (Å²) in [5.74, 6) is 1.44. The highest BCUT2D eigenvalue weighted by Gasteiger charge is 2.04. The summed E-state index contributed by atoms with van der Waals surface area (Å²) in [6, 6.07) is 8.07. The molecule has 0 aliphatic heterocycles. The number of halogens is 1. The molecular weight excluding hydrogens is 276 g/mol. The van der Waals surface area contributed by atoms with Gasteiger partial charge in [-0.15, -0.1) is 0 Å². The molecule has 0 bridgehead atoms. The fourth-order valence-corrected chi connectivity index (χ4v) is 2.25. The average Bonchev–Trinajstić information content (AvgIpc) is 2.34. The first-order chi connectivity index (χ1) is 8.19. The number of benzene rings is 1. The summed E-state index contributed by atoms with van der Waals surface area (Å²) in [7, 11) is 0. The van der Waals surface area contributed by atoms with E-state index in [4.69, 9.17) is 4.74 Å². The Morgan fingerprint density at radius 2 is 2.12 bits per heavy atom. The van der Waals surface area contributed by atoms with Crippen molar-refractivity contribution in [2.24, 2.45) is 5.92 Å². The molecule has 0 N–H and O–H groups in total. The molecule has 2 heteroatoms. The number of alkyl halides is 1. The van der Waals surface area contributed by atoms with E-state index in [0.717, 1.165) is 16.6 Å². The van der Waals surface area contributed by atoms with Gasteiger partial charge in [0.25, 0.3) is 0 Å². The van der Waals surface area contributed by atoms with Crippen LogP contribution in [0.15, 0.2) is 42.5 Å². The molecule has 0 fully saturated rings. The van der Waals surface area contributed by atoms with Crippen LogP contribution in [0.25, 0.3) is 6.08 Å². The van der Waals surface area contributed by atoms with Gasteiger partial charge in [0.05, 0.1) is 0 Å². The molecule has 0 amide bonds. The summed E-state index contributed by atoms with van der Waals surface area (Å²) in [4.78, 5) is 0. The molecule has 0 aliphatic carbocycles. The molecule has 0 heterocycles. The van der Waals surface area contributed by atoms with Crippen molar-refractivity contribution in [1.29, 1.82) is 0 Å². The Bertz CT molecular complexity index is 394. The van der Waals surface area contributed by atoms with Crippen LogP contribution in [-0.4, -0.2) is 11.9 Å². The minimum Gasteiger partial charge on any atom is -0.489 e. The van der Waals surface area contributed by atoms with Crippen LogP contribution in [-0.2, 0) is 0 Å². The van der Waals surface area contributed by atoms with Gasteiger partial charge >= 0.3 is 0 Å². The van der Waals surface area contributed by atoms with Crippen molar-refractivity contribution in [2.45, 2.75) is 13.8 Å². The van der Waals surface area contributed by atoms with Gasteiger partial charge in [0.15, 0.2) is 0 Å². The van der Waals surface area contributed by atoms with E-state index in [1.165, 1.54) is 5.57 Å². The molecule has 92 valence electrons. The Hall–Kier alpha value is -1.02. The number of hydrogen-bond acceptors (Lipinski definition) is 1. The summed E-state index contributed by atoms with van der Waals surface area (Å²) in [5.41, 5.74) is 2.48. The van der Waals surface area contributed by atoms with E-state index in [9.17, 15) is 0 Å². The van der Waals surface area contributed by atoms with Crippen molar-refractivity contribution >= 4 is 22.0 Å². The first-order valence-electron chi connectivity index (χ1n) is 5.78. The maximum atomic E-state index is 5.63. The number of para-hydroxylation sites is 1. The molecule has 1 aromatic carbocycles. The SMILES string of the molecule is C=CCOc1ccccc1C=C(CBr)C(C)C. The van der Waals surface area contributed by atoms with Gasteiger partial charge in [0, 0.05) is 10.9 Å². The maximum absolute atomic E-state index is 5.63. The second-order valence-electron chi connectivity index (χ2n) is 4.15. The third-order valence-electron chi connectivity index (χ3n) is 2.51. The highest BCUT2D eigenvalue weighted by atomic mass is 79.9. The predicted molar refractivity (Wildman–Crippen MR) is 78.7 cm³/mol. The lowest BCUT2D eigenvalue weighted by Gasteiger charge is -2.11. The zero-order valence-electron chi connectivity index (χ0n) is 10.4. The Morgan fingerprint density at radius 3 is 2.71 bits per heavy atom. The van der Waals surface area contributed by atoms with E-state index in [2.05, 4.69) is 48.5 Å². The van der Waals surface area contributed by atoms with Gasteiger partial charge in [0.1, 0.15) is 12.4 Å². The van der Waals surface area contributed by atoms with E-state index in [0.29, 0.717) is 12.5 Å². The topological polar surface area (TPSA) is 9.23 Å². The predicted octanol–water partition coefficient (Wildman–Crippen LogP) is 4.69. The highest BCUT2D eigenvalue weighted by Crippen LogP contribution is 2.24. The molecule has 17 heavy (non-hydrogen) atoms. The van der Waals surface area contributed by atoms with Gasteiger partial charge in [0.2, 0.25) is 0 Å². The summed E-state index contributed by atoms with van der Waals surface area (Å²) in [6.45, 7) is 8.59. The van der Waals surface area contributed by atoms with Crippen LogP contribution in [0.3, 0.4) is 0 Å². The van der Waals surface area contributed by atoms with Crippen LogP contribution in [0.5, 0.6) is 5.75 Å². The lowest BCUT2D eigenvalue weighted by atomic mass is 10.0. The van der Waals surface area contributed by atoms with Gasteiger partial charge in [-0.25, -0.2) is 0 Å². The van der Waals surface area contributed by atoms with Crippen molar-refractivity contribution in [2.75, 3.05) is 11.9 Å². The standard InChI is InChI=1S/C15H19BrO/c1-4-9-17-15-8-6-5-7-13(15)10-14(11-16)12(2)3/h4-8,10,12H,1,9,11H2,2-3H3. The molecule has 1 rings (SSSR count). The second kappa shape index (κ2) is 7.33. The molecule has 0 radical (unpaired) electrons. The Labute approximate surface area is 112 Å². The highest BCUT2D eigenvalue weighted by molar-refractivity contribution is 9.09. The minimum absolute atomic E-state index is 0.529. The third kappa shape index (κ3) is 4.39. The lowest BCUT2D eigenvalue weighted by Crippen LogP contribution is -1.98. The summed E-state index contributed by atoms with van der Waals surface area (Å²) in [5, 5.41) is 0.889. The van der Waals surface area contributed by atoms with Crippen molar-refractivity contribution in [3.63, 3.8) is 0 Å². The van der Waals surface area contributed by atoms with Crippen LogP contribution in [0.2, 0.25) is 0 Å². The van der Waals surface area contributed by atoms with Gasteiger partial charge in [-0.05, 0) is 12.0 Å². The Kier molecular flexibility index (Phi) is 6.06. The van der Waals surface area contributed by atoms with Gasteiger partial charge in [-0.1, -0.05) is 72.3 Å². The molecule has 1 nitrogen and oxygen atoms in total. The monoisotopic (exact) mass is 294 g/mol. The van der Waals surface area contributed by atoms with Gasteiger partial charge in [-0.3, -0.25) is 0 Å². The van der Waals surface area contributed by atoms with Crippen molar-refractivity contribution < 1.29 is 4.74 Å². The Balaban J connectivity index is 2.99. The van der Waals surface area contributed by atoms with E-state index in [1.807, 2.05) is 18.2 Å². The minimum atomic E-state index is 0.529. The molecule has 0 saturated heterocycles. The fraction of sp³-hybridized carbons (Fsp3) is 0.333. The van der Waals surface area contributed by atoms with Crippen molar-refractivity contribution in [3.05, 3.63) is 48.1 Å². The molecule has 0 aromatic heterocycles. The molecule has 0 aliphatic rings. The normalized spacial score (nSPS) is 11.6. The van der Waals surface area contributed by atoms with Crippen LogP contribution in [0.1, 0.15) is 19.4 Å². The number of hydrogen-bond donors (Lipinski definition) is 0. The molecule has 0 unspecified atom stereocenters. The maximum Gasteiger partial charge on any atom is 0.126 e. The Morgan fingerprint density at radius 1 is 1.41 bits per heavy atom. The van der Waals surface area contributed by atoms with Crippen LogP contribution < -0.4 is 4.74 Å². The molecule has 0 atom stereocenters. The fourth-order valence-electron chi connectivity index (χ4n) is 1.44. The number of ether oxygens (including phenoxy) is 1. The first kappa shape index (κ1) is 14.0. The average molecular weight is 295 g/mol. The summed E-state index contributed by atoms with van der Waals surface area (Å²) >= 11 is 3.53. The molecule has 0 spiro atoms. The third-order valence-corrected chi connectivity index (χ3v) is 3.16. The molecule has 1 aromatic rings. The van der Waals surface area contributed by atoms with Crippen molar-refractivity contribution in [1.82, 2.24) is 0 Å². The molecular formula is C15H19BrO. The van der Waals surface area contributed by atoms with Crippen LogP contribution in [0.4, 0.5) is 0 Å². The zero-order chi connectivity index (χ0) is 12.7. The second-order valence-corrected chi connectivity index (χ2v) is 4.71. The summed E-state index contributed by atoms with van der Waals surface area (Å²) < 4.78 is 5.63. The van der Waals surface area contributed by atoms with E-state index in [-0.39, 0.29) is 0 Å². The smallest absolute Gasteiger partial charge is 0.126 e. The lowest BCUT2D eigenvalue weighted by molar-refractivity contribution is 0.362. The largest absolute Gasteiger partial charge is 0.489 e. The molecule has 0 saturated carbocycles. The van der Waals surface area contributed by atoms with Gasteiger partial charge in [-0.2, -0.15) is 0 Å². The summed E-state index contributed by atoms with van der Waals surface area (Å²) in [6.07, 6.45) is 3.95. The first-order valence-corrected chi connectivity index (χ1v) is 6.90. The number of allylic oxidation sites excluding steroid dienone is 1. The van der Waals surface area contributed by atoms with E-state index in [1.54, 1.807) is 6.08 Å². The van der Waals surface area contributed by atoms with E-state index >= 15 is 0 Å². The van der Waals surface area contributed by atoms with Crippen molar-refractivity contribution in [3.8, 4) is 5.75 Å². The van der Waals surface area contributed by atoms with Crippen LogP contribution in [0, 0.1) is 5.92 Å². The van der Waals surface area contributed by atoms with Crippen LogP contribution >= 0.6 is 15.9 Å². The number of rotatable bonds is 6. The quantitative estimate of drug-likeness (QED) is 0.546. The zero-order valence-corrected chi connectivity index (χ0v) is 12.0. The van der Waals surface area contributed by atoms with Gasteiger partial charge < -0.3 is 4.74 Å². The van der Waals surface area contributed by atoms with E-state index < -0.39 is 0 Å².